The van der Waals surface area contributed by atoms with E-state index < -0.39 is 11.2 Å². The van der Waals surface area contributed by atoms with E-state index in [1.54, 1.807) is 39.3 Å². The van der Waals surface area contributed by atoms with Crippen molar-refractivity contribution in [1.82, 2.24) is 18.7 Å². The van der Waals surface area contributed by atoms with E-state index in [0.717, 1.165) is 4.57 Å². The Bertz CT molecular complexity index is 1440. The van der Waals surface area contributed by atoms with Crippen LogP contribution in [0.2, 0.25) is 0 Å². The number of ether oxygens (including phenoxy) is 2. The van der Waals surface area contributed by atoms with Gasteiger partial charge in [-0.1, -0.05) is 18.8 Å². The van der Waals surface area contributed by atoms with Crippen LogP contribution in [-0.4, -0.2) is 38.7 Å². The van der Waals surface area contributed by atoms with Crippen LogP contribution in [0.15, 0.2) is 27.8 Å². The van der Waals surface area contributed by atoms with E-state index in [9.17, 15) is 14.4 Å². The number of nitrogens with zero attached hydrogens (tertiary/aromatic N) is 4. The Morgan fingerprint density at radius 3 is 2.48 bits per heavy atom. The summed E-state index contributed by atoms with van der Waals surface area (Å²) in [7, 11) is 4.72. The number of fused-ring (bicyclic) bond motifs is 1. The van der Waals surface area contributed by atoms with Gasteiger partial charge in [0, 0.05) is 32.0 Å². The lowest BCUT2D eigenvalue weighted by molar-refractivity contribution is -0.118. The first kappa shape index (κ1) is 23.4. The van der Waals surface area contributed by atoms with Crippen molar-refractivity contribution in [3.05, 3.63) is 50.4 Å². The van der Waals surface area contributed by atoms with Gasteiger partial charge in [-0.15, -0.1) is 6.42 Å². The predicted molar refractivity (Wildman–Crippen MR) is 124 cm³/mol. The molecule has 0 aliphatic heterocycles. The minimum absolute atomic E-state index is 0.00542. The zero-order valence-electron chi connectivity index (χ0n) is 19.0. The second kappa shape index (κ2) is 9.92. The maximum Gasteiger partial charge on any atom is 0.333 e. The molecule has 3 aromatic rings. The minimum atomic E-state index is -0.605. The molecule has 0 radical (unpaired) electrons. The van der Waals surface area contributed by atoms with Gasteiger partial charge in [-0.2, -0.15) is 0 Å². The number of imidazole rings is 1. The average molecular weight is 448 g/mol. The lowest BCUT2D eigenvalue weighted by Crippen LogP contribution is -2.40. The van der Waals surface area contributed by atoms with E-state index >= 15 is 0 Å². The fourth-order valence-corrected chi connectivity index (χ4v) is 3.36. The summed E-state index contributed by atoms with van der Waals surface area (Å²) in [5.74, 6) is 9.64. The lowest BCUT2D eigenvalue weighted by atomic mass is 10.2. The van der Waals surface area contributed by atoms with Gasteiger partial charge in [-0.3, -0.25) is 14.2 Å². The molecule has 0 spiro atoms. The van der Waals surface area contributed by atoms with Crippen LogP contribution in [0.1, 0.15) is 31.2 Å². The van der Waals surface area contributed by atoms with Crippen LogP contribution in [0.3, 0.4) is 0 Å². The van der Waals surface area contributed by atoms with Crippen LogP contribution in [0, 0.1) is 24.2 Å². The molecule has 2 heterocycles. The van der Waals surface area contributed by atoms with Crippen LogP contribution >= 0.6 is 0 Å². The van der Waals surface area contributed by atoms with Gasteiger partial charge in [-0.25, -0.2) is 14.3 Å². The van der Waals surface area contributed by atoms with Gasteiger partial charge >= 0.3 is 5.69 Å². The molecule has 33 heavy (non-hydrogen) atoms. The normalized spacial score (nSPS) is 10.4. The molecule has 2 aromatic heterocycles. The van der Waals surface area contributed by atoms with Crippen LogP contribution in [0.25, 0.3) is 11.2 Å². The topological polar surface area (TPSA) is 97.3 Å². The van der Waals surface area contributed by atoms with Gasteiger partial charge in [0.1, 0.15) is 5.78 Å². The van der Waals surface area contributed by atoms with Crippen LogP contribution in [0.5, 0.6) is 11.5 Å². The zero-order valence-corrected chi connectivity index (χ0v) is 19.0. The van der Waals surface area contributed by atoms with Gasteiger partial charge in [0.25, 0.3) is 5.56 Å². The van der Waals surface area contributed by atoms with E-state index in [1.165, 1.54) is 16.2 Å². The summed E-state index contributed by atoms with van der Waals surface area (Å²) >= 11 is 0. The Morgan fingerprint density at radius 2 is 1.85 bits per heavy atom. The van der Waals surface area contributed by atoms with Crippen molar-refractivity contribution in [3.8, 4) is 35.7 Å². The van der Waals surface area contributed by atoms with Crippen LogP contribution < -0.4 is 20.7 Å². The molecule has 3 rings (SSSR count). The number of aromatic nitrogens is 4. The number of ketones is 1. The van der Waals surface area contributed by atoms with Crippen molar-refractivity contribution in [2.75, 3.05) is 14.2 Å². The zero-order chi connectivity index (χ0) is 24.1. The largest absolute Gasteiger partial charge is 0.493 e. The third-order valence-electron chi connectivity index (χ3n) is 5.20. The maximum absolute atomic E-state index is 13.0. The lowest BCUT2D eigenvalue weighted by Gasteiger charge is -2.09. The fourth-order valence-electron chi connectivity index (χ4n) is 3.36. The highest BCUT2D eigenvalue weighted by molar-refractivity contribution is 5.78. The molecule has 0 saturated carbocycles. The number of rotatable bonds is 7. The smallest absolute Gasteiger partial charge is 0.333 e. The van der Waals surface area contributed by atoms with E-state index in [2.05, 4.69) is 22.7 Å². The fraction of sp³-hybridized carbons (Fsp3) is 0.333. The molecule has 0 bridgehead atoms. The quantitative estimate of drug-likeness (QED) is 0.506. The van der Waals surface area contributed by atoms with Crippen molar-refractivity contribution in [2.24, 2.45) is 7.05 Å². The highest BCUT2D eigenvalue weighted by atomic mass is 16.5. The Hall–Kier alpha value is -4.24. The van der Waals surface area contributed by atoms with Gasteiger partial charge in [0.2, 0.25) is 0 Å². The van der Waals surface area contributed by atoms with Crippen molar-refractivity contribution in [2.45, 2.75) is 32.9 Å². The number of methoxy groups -OCH3 is 2. The third-order valence-corrected chi connectivity index (χ3v) is 5.20. The number of terminal acetylenes is 1. The highest BCUT2D eigenvalue weighted by Crippen LogP contribution is 2.27. The minimum Gasteiger partial charge on any atom is -0.493 e. The van der Waals surface area contributed by atoms with Crippen LogP contribution in [-0.2, 0) is 24.9 Å². The maximum atomic E-state index is 13.0. The molecule has 0 atom stereocenters. The number of hydrogen-bond acceptors (Lipinski definition) is 6. The molecule has 170 valence electrons. The molecule has 0 aliphatic carbocycles. The molecule has 0 amide bonds. The SMILES string of the molecule is C#CCn1c(=O)c2c(nc(C#Cc3ccc(OC)c(OC)c3)n2C)n(CCC(=O)CC)c1=O. The molecular formula is C24H24N4O5. The van der Waals surface area contributed by atoms with Crippen molar-refractivity contribution >= 4 is 16.9 Å². The number of carbonyl (C=O) groups is 1. The third kappa shape index (κ3) is 4.53. The second-order valence-electron chi connectivity index (χ2n) is 7.16. The molecular weight excluding hydrogens is 424 g/mol. The number of benzene rings is 1. The number of carbonyl (C=O) groups excluding carboxylic acids is 1. The number of hydrogen-bond donors (Lipinski definition) is 0. The summed E-state index contributed by atoms with van der Waals surface area (Å²) in [5.41, 5.74) is -0.158. The number of aryl methyl sites for hydroxylation is 2. The highest BCUT2D eigenvalue weighted by Gasteiger charge is 2.19. The molecule has 9 nitrogen and oxygen atoms in total. The van der Waals surface area contributed by atoms with Crippen molar-refractivity contribution in [1.29, 1.82) is 0 Å². The van der Waals surface area contributed by atoms with E-state index in [-0.39, 0.29) is 42.3 Å². The molecule has 0 aliphatic rings. The number of Topliss-reactive ketones (excluding diaryl/α,β-unsaturated/α-hetero) is 1. The van der Waals surface area contributed by atoms with Crippen molar-refractivity contribution < 1.29 is 14.3 Å². The molecule has 0 unspecified atom stereocenters. The Labute approximate surface area is 190 Å². The Balaban J connectivity index is 2.18. The summed E-state index contributed by atoms with van der Waals surface area (Å²) in [6, 6.07) is 5.22. The second-order valence-corrected chi connectivity index (χ2v) is 7.16. The monoisotopic (exact) mass is 448 g/mol. The van der Waals surface area contributed by atoms with Gasteiger partial charge in [0.15, 0.2) is 28.5 Å². The first-order valence-electron chi connectivity index (χ1n) is 10.3. The molecule has 0 N–H and O–H groups in total. The molecule has 0 saturated heterocycles. The standard InChI is InChI=1S/C24H24N4O5/c1-6-13-28-23(30)21-22(27(24(28)31)14-12-17(29)7-2)25-20(26(21)3)11-9-16-8-10-18(32-4)19(15-16)33-5/h1,8,10,15H,7,12-14H2,2-5H3. The van der Waals surface area contributed by atoms with E-state index in [4.69, 9.17) is 15.9 Å². The summed E-state index contributed by atoms with van der Waals surface area (Å²) < 4.78 is 14.3. The Morgan fingerprint density at radius 1 is 1.12 bits per heavy atom. The molecule has 1 aromatic carbocycles. The Kier molecular flexibility index (Phi) is 7.04. The van der Waals surface area contributed by atoms with E-state index in [1.807, 2.05) is 0 Å². The van der Waals surface area contributed by atoms with E-state index in [0.29, 0.717) is 23.5 Å². The summed E-state index contributed by atoms with van der Waals surface area (Å²) in [6.07, 6.45) is 5.86. The average Bonchev–Trinajstić information content (AvgIpc) is 3.15. The summed E-state index contributed by atoms with van der Waals surface area (Å²) in [4.78, 5) is 42.2. The van der Waals surface area contributed by atoms with Gasteiger partial charge in [-0.05, 0) is 24.1 Å². The van der Waals surface area contributed by atoms with Crippen molar-refractivity contribution in [3.63, 3.8) is 0 Å². The van der Waals surface area contributed by atoms with Gasteiger partial charge < -0.3 is 14.0 Å². The first-order chi connectivity index (χ1) is 15.9. The van der Waals surface area contributed by atoms with Gasteiger partial charge in [0.05, 0.1) is 20.8 Å². The summed E-state index contributed by atoms with van der Waals surface area (Å²) in [5, 5.41) is 0. The molecule has 0 fully saturated rings. The summed E-state index contributed by atoms with van der Waals surface area (Å²) in [6.45, 7) is 1.65. The van der Waals surface area contributed by atoms with Crippen LogP contribution in [0.4, 0.5) is 0 Å². The molecule has 9 heteroatoms. The predicted octanol–water partition coefficient (Wildman–Crippen LogP) is 1.32. The first-order valence-corrected chi connectivity index (χ1v) is 10.3.